The van der Waals surface area contributed by atoms with Crippen molar-refractivity contribution in [3.05, 3.63) is 24.2 Å². The minimum absolute atomic E-state index is 0.0464. The van der Waals surface area contributed by atoms with Crippen LogP contribution in [0.4, 0.5) is 4.79 Å². The molecule has 1 N–H and O–H groups in total. The zero-order valence-corrected chi connectivity index (χ0v) is 14.5. The van der Waals surface area contributed by atoms with Crippen molar-refractivity contribution in [2.24, 2.45) is 0 Å². The minimum atomic E-state index is -0.0919. The van der Waals surface area contributed by atoms with Gasteiger partial charge in [-0.05, 0) is 25.8 Å². The molecule has 1 aromatic rings. The molecule has 0 radical (unpaired) electrons. The highest BCUT2D eigenvalue weighted by molar-refractivity contribution is 5.93. The predicted octanol–water partition coefficient (Wildman–Crippen LogP) is 1.95. The molecule has 0 unspecified atom stereocenters. The Morgan fingerprint density at radius 3 is 2.67 bits per heavy atom. The fourth-order valence-corrected chi connectivity index (χ4v) is 2.76. The number of hydrogen-bond acceptors (Lipinski definition) is 4. The fourth-order valence-electron chi connectivity index (χ4n) is 2.76. The van der Waals surface area contributed by atoms with E-state index in [4.69, 9.17) is 9.15 Å². The first kappa shape index (κ1) is 18.3. The standard InChI is InChI=1S/C17H27N3O4/c1-3-15(24-4-2)12-18-17(22)20-8-5-7-19(9-10-20)16(21)14-6-11-23-13-14/h6,11,13,15H,3-5,7-10,12H2,1-2H3,(H,18,22)/t15-/m1/s1. The van der Waals surface area contributed by atoms with Gasteiger partial charge in [0, 0.05) is 39.3 Å². The third-order valence-corrected chi connectivity index (χ3v) is 4.18. The number of ether oxygens (including phenoxy) is 1. The highest BCUT2D eigenvalue weighted by Crippen LogP contribution is 2.10. The van der Waals surface area contributed by atoms with Gasteiger partial charge in [-0.1, -0.05) is 6.92 Å². The number of rotatable bonds is 6. The average molecular weight is 337 g/mol. The van der Waals surface area contributed by atoms with Crippen LogP contribution >= 0.6 is 0 Å². The molecule has 0 bridgehead atoms. The van der Waals surface area contributed by atoms with Gasteiger partial charge in [0.15, 0.2) is 0 Å². The smallest absolute Gasteiger partial charge is 0.317 e. The first-order valence-corrected chi connectivity index (χ1v) is 8.61. The second-order valence-corrected chi connectivity index (χ2v) is 5.82. The Kier molecular flexibility index (Phi) is 7.11. The quantitative estimate of drug-likeness (QED) is 0.861. The number of urea groups is 1. The van der Waals surface area contributed by atoms with E-state index >= 15 is 0 Å². The molecule has 1 aliphatic rings. The molecular formula is C17H27N3O4. The van der Waals surface area contributed by atoms with E-state index in [0.29, 0.717) is 44.9 Å². The molecule has 0 saturated carbocycles. The number of carbonyl (C=O) groups is 2. The summed E-state index contributed by atoms with van der Waals surface area (Å²) >= 11 is 0. The predicted molar refractivity (Wildman–Crippen MR) is 89.9 cm³/mol. The van der Waals surface area contributed by atoms with Gasteiger partial charge in [-0.15, -0.1) is 0 Å². The lowest BCUT2D eigenvalue weighted by Gasteiger charge is -2.23. The largest absolute Gasteiger partial charge is 0.472 e. The molecule has 3 amide bonds. The molecule has 1 atom stereocenters. The van der Waals surface area contributed by atoms with Gasteiger partial charge in [-0.25, -0.2) is 4.79 Å². The molecule has 7 nitrogen and oxygen atoms in total. The van der Waals surface area contributed by atoms with E-state index in [0.717, 1.165) is 12.8 Å². The van der Waals surface area contributed by atoms with Crippen molar-refractivity contribution in [3.63, 3.8) is 0 Å². The number of hydrogen-bond donors (Lipinski definition) is 1. The van der Waals surface area contributed by atoms with Crippen LogP contribution in [0.25, 0.3) is 0 Å². The van der Waals surface area contributed by atoms with Crippen molar-refractivity contribution in [2.45, 2.75) is 32.8 Å². The Hall–Kier alpha value is -2.02. The van der Waals surface area contributed by atoms with Crippen molar-refractivity contribution >= 4 is 11.9 Å². The third kappa shape index (κ3) is 4.99. The van der Waals surface area contributed by atoms with E-state index < -0.39 is 0 Å². The maximum absolute atomic E-state index is 12.3. The van der Waals surface area contributed by atoms with Crippen LogP contribution < -0.4 is 5.32 Å². The van der Waals surface area contributed by atoms with Crippen LogP contribution in [0.3, 0.4) is 0 Å². The summed E-state index contributed by atoms with van der Waals surface area (Å²) in [5.41, 5.74) is 0.551. The molecule has 24 heavy (non-hydrogen) atoms. The maximum atomic E-state index is 12.3. The monoisotopic (exact) mass is 337 g/mol. The second-order valence-electron chi connectivity index (χ2n) is 5.82. The minimum Gasteiger partial charge on any atom is -0.472 e. The van der Waals surface area contributed by atoms with E-state index in [1.54, 1.807) is 15.9 Å². The normalized spacial score (nSPS) is 16.6. The van der Waals surface area contributed by atoms with Crippen molar-refractivity contribution in [1.82, 2.24) is 15.1 Å². The molecule has 1 saturated heterocycles. The molecule has 0 aliphatic carbocycles. The molecule has 0 aromatic carbocycles. The van der Waals surface area contributed by atoms with Crippen molar-refractivity contribution in [2.75, 3.05) is 39.3 Å². The van der Waals surface area contributed by atoms with Crippen molar-refractivity contribution in [3.8, 4) is 0 Å². The second kappa shape index (κ2) is 9.32. The fraction of sp³-hybridized carbons (Fsp3) is 0.647. The molecule has 1 aliphatic heterocycles. The van der Waals surface area contributed by atoms with Crippen LogP contribution in [0.2, 0.25) is 0 Å². The summed E-state index contributed by atoms with van der Waals surface area (Å²) in [5, 5.41) is 2.93. The van der Waals surface area contributed by atoms with E-state index in [2.05, 4.69) is 5.32 Å². The van der Waals surface area contributed by atoms with Crippen LogP contribution in [0.5, 0.6) is 0 Å². The lowest BCUT2D eigenvalue weighted by molar-refractivity contribution is 0.0606. The average Bonchev–Trinajstić information content (AvgIpc) is 3.02. The van der Waals surface area contributed by atoms with E-state index in [-0.39, 0.29) is 18.0 Å². The first-order valence-electron chi connectivity index (χ1n) is 8.61. The van der Waals surface area contributed by atoms with Gasteiger partial charge in [0.2, 0.25) is 0 Å². The number of nitrogens with one attached hydrogen (secondary N) is 1. The van der Waals surface area contributed by atoms with E-state index in [1.807, 2.05) is 13.8 Å². The Morgan fingerprint density at radius 1 is 1.25 bits per heavy atom. The zero-order valence-electron chi connectivity index (χ0n) is 14.5. The molecular weight excluding hydrogens is 310 g/mol. The number of nitrogens with zero attached hydrogens (tertiary/aromatic N) is 2. The van der Waals surface area contributed by atoms with E-state index in [1.165, 1.54) is 12.5 Å². The molecule has 2 rings (SSSR count). The van der Waals surface area contributed by atoms with Crippen molar-refractivity contribution in [1.29, 1.82) is 0 Å². The van der Waals surface area contributed by atoms with Gasteiger partial charge < -0.3 is 24.3 Å². The van der Waals surface area contributed by atoms with Crippen LogP contribution in [-0.4, -0.2) is 67.2 Å². The molecule has 1 fully saturated rings. The van der Waals surface area contributed by atoms with Crippen LogP contribution in [0.1, 0.15) is 37.0 Å². The topological polar surface area (TPSA) is 75.0 Å². The van der Waals surface area contributed by atoms with Gasteiger partial charge in [0.25, 0.3) is 5.91 Å². The number of amides is 3. The Morgan fingerprint density at radius 2 is 2.00 bits per heavy atom. The van der Waals surface area contributed by atoms with Gasteiger partial charge in [0.1, 0.15) is 6.26 Å². The lowest BCUT2D eigenvalue weighted by atomic mass is 10.3. The Balaban J connectivity index is 1.81. The third-order valence-electron chi connectivity index (χ3n) is 4.18. The summed E-state index contributed by atoms with van der Waals surface area (Å²) < 4.78 is 10.5. The zero-order chi connectivity index (χ0) is 17.4. The van der Waals surface area contributed by atoms with Crippen LogP contribution in [0.15, 0.2) is 23.0 Å². The summed E-state index contributed by atoms with van der Waals surface area (Å²) in [4.78, 5) is 28.2. The van der Waals surface area contributed by atoms with Crippen LogP contribution in [0, 0.1) is 0 Å². The molecule has 1 aromatic heterocycles. The summed E-state index contributed by atoms with van der Waals surface area (Å²) in [6, 6.07) is 1.57. The highest BCUT2D eigenvalue weighted by atomic mass is 16.5. The molecule has 134 valence electrons. The Labute approximate surface area is 142 Å². The Bertz CT molecular complexity index is 518. The molecule has 2 heterocycles. The summed E-state index contributed by atoms with van der Waals surface area (Å²) in [5.74, 6) is -0.0478. The van der Waals surface area contributed by atoms with E-state index in [9.17, 15) is 9.59 Å². The highest BCUT2D eigenvalue weighted by Gasteiger charge is 2.23. The van der Waals surface area contributed by atoms with Gasteiger partial charge in [-0.3, -0.25) is 4.79 Å². The number of furan rings is 1. The lowest BCUT2D eigenvalue weighted by Crippen LogP contribution is -2.45. The summed E-state index contributed by atoms with van der Waals surface area (Å²) in [7, 11) is 0. The summed E-state index contributed by atoms with van der Waals surface area (Å²) in [6.07, 6.45) is 4.62. The van der Waals surface area contributed by atoms with Crippen molar-refractivity contribution < 1.29 is 18.7 Å². The SMILES string of the molecule is CCO[C@H](CC)CNC(=O)N1CCCN(C(=O)c2ccoc2)CC1. The van der Waals surface area contributed by atoms with Crippen LogP contribution in [-0.2, 0) is 4.74 Å². The number of carbonyl (C=O) groups excluding carboxylic acids is 2. The van der Waals surface area contributed by atoms with Gasteiger partial charge >= 0.3 is 6.03 Å². The van der Waals surface area contributed by atoms with Gasteiger partial charge in [-0.2, -0.15) is 0 Å². The molecule has 0 spiro atoms. The molecule has 7 heteroatoms. The summed E-state index contributed by atoms with van der Waals surface area (Å²) in [6.45, 7) is 7.49. The van der Waals surface area contributed by atoms with Gasteiger partial charge in [0.05, 0.1) is 17.9 Å². The maximum Gasteiger partial charge on any atom is 0.317 e. The first-order chi connectivity index (χ1) is 11.7.